The Morgan fingerprint density at radius 2 is 1.94 bits per heavy atom. The standard InChI is InChI=1S/C15H15NOS/c1-2-14(9-10-16)18(17)15-8-7-12-5-3-4-6-13(12)11-15/h3-8,11,14H,2,9H2,1H3. The molecule has 2 rings (SSSR count). The number of nitrogens with zero attached hydrogens (tertiary/aromatic N) is 1. The monoisotopic (exact) mass is 257 g/mol. The third-order valence-electron chi connectivity index (χ3n) is 3.03. The number of nitriles is 1. The number of fused-ring (bicyclic) bond motifs is 1. The van der Waals surface area contributed by atoms with Crippen molar-refractivity contribution in [2.45, 2.75) is 29.9 Å². The normalized spacial score (nSPS) is 14.0. The highest BCUT2D eigenvalue weighted by Crippen LogP contribution is 2.21. The Bertz CT molecular complexity index is 615. The topological polar surface area (TPSA) is 40.9 Å². The zero-order valence-corrected chi connectivity index (χ0v) is 11.1. The molecule has 2 aromatic carbocycles. The van der Waals surface area contributed by atoms with E-state index in [1.54, 1.807) is 0 Å². The molecular formula is C15H15NOS. The van der Waals surface area contributed by atoms with E-state index in [1.807, 2.05) is 49.4 Å². The lowest BCUT2D eigenvalue weighted by Gasteiger charge is -2.11. The molecule has 0 bridgehead atoms. The Balaban J connectivity index is 2.36. The van der Waals surface area contributed by atoms with Gasteiger partial charge in [0.1, 0.15) is 0 Å². The average Bonchev–Trinajstić information content (AvgIpc) is 2.43. The van der Waals surface area contributed by atoms with Crippen LogP contribution in [-0.4, -0.2) is 9.46 Å². The summed E-state index contributed by atoms with van der Waals surface area (Å²) in [5.74, 6) is 0. The lowest BCUT2D eigenvalue weighted by atomic mass is 10.1. The molecule has 0 aliphatic heterocycles. The average molecular weight is 257 g/mol. The fraction of sp³-hybridized carbons (Fsp3) is 0.267. The molecule has 2 atom stereocenters. The first-order chi connectivity index (χ1) is 8.76. The second kappa shape index (κ2) is 5.79. The van der Waals surface area contributed by atoms with Crippen LogP contribution in [0, 0.1) is 11.3 Å². The van der Waals surface area contributed by atoms with E-state index in [9.17, 15) is 4.21 Å². The maximum Gasteiger partial charge on any atom is 0.0634 e. The summed E-state index contributed by atoms with van der Waals surface area (Å²) in [6, 6.07) is 16.0. The van der Waals surface area contributed by atoms with Crippen molar-refractivity contribution in [1.29, 1.82) is 5.26 Å². The number of benzene rings is 2. The maximum atomic E-state index is 12.4. The molecule has 0 saturated heterocycles. The summed E-state index contributed by atoms with van der Waals surface area (Å²) in [6.07, 6.45) is 1.10. The molecule has 0 N–H and O–H groups in total. The summed E-state index contributed by atoms with van der Waals surface area (Å²) in [6.45, 7) is 1.97. The van der Waals surface area contributed by atoms with Crippen LogP contribution in [-0.2, 0) is 10.8 Å². The van der Waals surface area contributed by atoms with Crippen molar-refractivity contribution in [3.8, 4) is 6.07 Å². The van der Waals surface area contributed by atoms with Crippen LogP contribution in [0.1, 0.15) is 19.8 Å². The highest BCUT2D eigenvalue weighted by Gasteiger charge is 2.16. The quantitative estimate of drug-likeness (QED) is 0.839. The Hall–Kier alpha value is -1.66. The van der Waals surface area contributed by atoms with Crippen molar-refractivity contribution in [3.05, 3.63) is 42.5 Å². The Morgan fingerprint density at radius 3 is 2.61 bits per heavy atom. The summed E-state index contributed by atoms with van der Waals surface area (Å²) in [5, 5.41) is 10.9. The summed E-state index contributed by atoms with van der Waals surface area (Å²) >= 11 is 0. The lowest BCUT2D eigenvalue weighted by molar-refractivity contribution is 0.665. The van der Waals surface area contributed by atoms with Crippen molar-refractivity contribution in [2.24, 2.45) is 0 Å². The SMILES string of the molecule is CCC(CC#N)S(=O)c1ccc2ccccc2c1. The first-order valence-corrected chi connectivity index (χ1v) is 7.24. The molecular weight excluding hydrogens is 242 g/mol. The molecule has 2 unspecified atom stereocenters. The third kappa shape index (κ3) is 2.60. The second-order valence-electron chi connectivity index (χ2n) is 4.20. The molecule has 0 radical (unpaired) electrons. The van der Waals surface area contributed by atoms with E-state index in [2.05, 4.69) is 6.07 Å². The minimum atomic E-state index is -1.10. The summed E-state index contributed by atoms with van der Waals surface area (Å²) in [7, 11) is -1.10. The van der Waals surface area contributed by atoms with Gasteiger partial charge in [-0.05, 0) is 29.3 Å². The molecule has 2 aromatic rings. The van der Waals surface area contributed by atoms with Crippen LogP contribution < -0.4 is 0 Å². The first kappa shape index (κ1) is 12.8. The molecule has 0 aliphatic rings. The largest absolute Gasteiger partial charge is 0.254 e. The predicted molar refractivity (Wildman–Crippen MR) is 74.7 cm³/mol. The number of rotatable bonds is 4. The second-order valence-corrected chi connectivity index (χ2v) is 5.93. The van der Waals surface area contributed by atoms with Crippen LogP contribution in [0.4, 0.5) is 0 Å². The smallest absolute Gasteiger partial charge is 0.0634 e. The molecule has 0 saturated carbocycles. The molecule has 18 heavy (non-hydrogen) atoms. The summed E-state index contributed by atoms with van der Waals surface area (Å²) in [5.41, 5.74) is 0. The maximum absolute atomic E-state index is 12.4. The molecule has 0 heterocycles. The predicted octanol–water partition coefficient (Wildman–Crippen LogP) is 3.64. The molecule has 0 aliphatic carbocycles. The van der Waals surface area contributed by atoms with E-state index in [0.717, 1.165) is 22.1 Å². The molecule has 0 amide bonds. The van der Waals surface area contributed by atoms with E-state index in [-0.39, 0.29) is 5.25 Å². The van der Waals surface area contributed by atoms with Crippen molar-refractivity contribution in [1.82, 2.24) is 0 Å². The Labute approximate surface area is 110 Å². The van der Waals surface area contributed by atoms with Gasteiger partial charge in [0, 0.05) is 11.3 Å². The molecule has 0 spiro atoms. The summed E-state index contributed by atoms with van der Waals surface area (Å²) < 4.78 is 12.4. The van der Waals surface area contributed by atoms with Gasteiger partial charge in [-0.15, -0.1) is 0 Å². The minimum absolute atomic E-state index is 0.0730. The van der Waals surface area contributed by atoms with Crippen molar-refractivity contribution < 1.29 is 4.21 Å². The van der Waals surface area contributed by atoms with Gasteiger partial charge < -0.3 is 0 Å². The Kier molecular flexibility index (Phi) is 4.11. The van der Waals surface area contributed by atoms with Gasteiger partial charge in [-0.25, -0.2) is 0 Å². The molecule has 0 aromatic heterocycles. The lowest BCUT2D eigenvalue weighted by Crippen LogP contribution is -2.13. The fourth-order valence-corrected chi connectivity index (χ4v) is 3.32. The summed E-state index contributed by atoms with van der Waals surface area (Å²) in [4.78, 5) is 0.816. The van der Waals surface area contributed by atoms with Gasteiger partial charge in [0.25, 0.3) is 0 Å². The van der Waals surface area contributed by atoms with E-state index in [4.69, 9.17) is 5.26 Å². The first-order valence-electron chi connectivity index (χ1n) is 6.02. The zero-order valence-electron chi connectivity index (χ0n) is 10.3. The van der Waals surface area contributed by atoms with Gasteiger partial charge in [0.2, 0.25) is 0 Å². The molecule has 0 fully saturated rings. The van der Waals surface area contributed by atoms with Crippen LogP contribution in [0.3, 0.4) is 0 Å². The van der Waals surface area contributed by atoms with Gasteiger partial charge >= 0.3 is 0 Å². The van der Waals surface area contributed by atoms with Gasteiger partial charge in [-0.2, -0.15) is 5.26 Å². The van der Waals surface area contributed by atoms with E-state index in [1.165, 1.54) is 0 Å². The van der Waals surface area contributed by atoms with Gasteiger partial charge in [0.15, 0.2) is 0 Å². The highest BCUT2D eigenvalue weighted by molar-refractivity contribution is 7.85. The van der Waals surface area contributed by atoms with Gasteiger partial charge in [-0.1, -0.05) is 37.3 Å². The number of hydrogen-bond acceptors (Lipinski definition) is 2. The van der Waals surface area contributed by atoms with Crippen LogP contribution in [0.25, 0.3) is 10.8 Å². The van der Waals surface area contributed by atoms with Crippen molar-refractivity contribution in [2.75, 3.05) is 0 Å². The van der Waals surface area contributed by atoms with Gasteiger partial charge in [0.05, 0.1) is 22.1 Å². The molecule has 2 nitrogen and oxygen atoms in total. The molecule has 3 heteroatoms. The van der Waals surface area contributed by atoms with Crippen LogP contribution >= 0.6 is 0 Å². The third-order valence-corrected chi connectivity index (χ3v) is 4.85. The van der Waals surface area contributed by atoms with E-state index in [0.29, 0.717) is 6.42 Å². The highest BCUT2D eigenvalue weighted by atomic mass is 32.2. The van der Waals surface area contributed by atoms with Crippen molar-refractivity contribution >= 4 is 21.6 Å². The molecule has 92 valence electrons. The van der Waals surface area contributed by atoms with Crippen molar-refractivity contribution in [3.63, 3.8) is 0 Å². The zero-order chi connectivity index (χ0) is 13.0. The fourth-order valence-electron chi connectivity index (χ4n) is 1.96. The van der Waals surface area contributed by atoms with E-state index >= 15 is 0 Å². The number of hydrogen-bond donors (Lipinski definition) is 0. The Morgan fingerprint density at radius 1 is 1.22 bits per heavy atom. The van der Waals surface area contributed by atoms with E-state index < -0.39 is 10.8 Å². The van der Waals surface area contributed by atoms with Crippen LogP contribution in [0.5, 0.6) is 0 Å². The van der Waals surface area contributed by atoms with Crippen LogP contribution in [0.2, 0.25) is 0 Å². The minimum Gasteiger partial charge on any atom is -0.254 e. The van der Waals surface area contributed by atoms with Gasteiger partial charge in [-0.3, -0.25) is 4.21 Å². The van der Waals surface area contributed by atoms with Crippen LogP contribution in [0.15, 0.2) is 47.4 Å².